The number of rotatable bonds is 3. The van der Waals surface area contributed by atoms with Crippen molar-refractivity contribution in [1.82, 2.24) is 4.98 Å². The van der Waals surface area contributed by atoms with E-state index in [-0.39, 0.29) is 5.92 Å². The van der Waals surface area contributed by atoms with E-state index in [2.05, 4.69) is 9.88 Å². The Kier molecular flexibility index (Phi) is 3.61. The molecule has 2 heterocycles. The van der Waals surface area contributed by atoms with E-state index >= 15 is 0 Å². The molecule has 17 heavy (non-hydrogen) atoms. The minimum absolute atomic E-state index is 0.248. The van der Waals surface area contributed by atoms with Crippen molar-refractivity contribution in [2.75, 3.05) is 25.1 Å². The lowest BCUT2D eigenvalue weighted by atomic mass is 9.93. The van der Waals surface area contributed by atoms with E-state index < -0.39 is 0 Å². The van der Waals surface area contributed by atoms with Gasteiger partial charge in [0, 0.05) is 25.1 Å². The number of ketones is 1. The van der Waals surface area contributed by atoms with Crippen molar-refractivity contribution < 1.29 is 9.53 Å². The Balaban J connectivity index is 1.97. The lowest BCUT2D eigenvalue weighted by Crippen LogP contribution is -2.35. The molecule has 1 aliphatic rings. The quantitative estimate of drug-likeness (QED) is 0.801. The van der Waals surface area contributed by atoms with Crippen LogP contribution in [0, 0.1) is 5.92 Å². The topological polar surface area (TPSA) is 42.4 Å². The van der Waals surface area contributed by atoms with Crippen molar-refractivity contribution in [3.8, 4) is 5.88 Å². The van der Waals surface area contributed by atoms with E-state index in [1.807, 2.05) is 18.3 Å². The van der Waals surface area contributed by atoms with Gasteiger partial charge >= 0.3 is 0 Å². The Morgan fingerprint density at radius 1 is 1.41 bits per heavy atom. The number of hydrogen-bond acceptors (Lipinski definition) is 4. The van der Waals surface area contributed by atoms with Crippen molar-refractivity contribution >= 4 is 11.5 Å². The van der Waals surface area contributed by atoms with Crippen molar-refractivity contribution in [2.24, 2.45) is 5.92 Å². The van der Waals surface area contributed by atoms with E-state index in [4.69, 9.17) is 4.74 Å². The second-order valence-electron chi connectivity index (χ2n) is 4.43. The number of ether oxygens (including phenoxy) is 1. The third-order valence-corrected chi connectivity index (χ3v) is 3.36. The predicted octanol–water partition coefficient (Wildman–Crippen LogP) is 1.90. The van der Waals surface area contributed by atoms with Gasteiger partial charge in [0.05, 0.1) is 19.0 Å². The maximum atomic E-state index is 11.3. The van der Waals surface area contributed by atoms with Crippen LogP contribution in [0.2, 0.25) is 0 Å². The molecule has 1 aromatic rings. The summed E-state index contributed by atoms with van der Waals surface area (Å²) in [7, 11) is 1.61. The van der Waals surface area contributed by atoms with E-state index in [1.165, 1.54) is 0 Å². The van der Waals surface area contributed by atoms with Gasteiger partial charge in [-0.25, -0.2) is 4.98 Å². The predicted molar refractivity (Wildman–Crippen MR) is 66.4 cm³/mol. The number of aromatic nitrogens is 1. The minimum Gasteiger partial charge on any atom is -0.481 e. The van der Waals surface area contributed by atoms with Crippen LogP contribution in [0.25, 0.3) is 0 Å². The summed E-state index contributed by atoms with van der Waals surface area (Å²) in [6, 6.07) is 3.88. The zero-order valence-electron chi connectivity index (χ0n) is 10.3. The van der Waals surface area contributed by atoms with Crippen LogP contribution >= 0.6 is 0 Å². The standard InChI is InChI=1S/C13H18N2O2/c1-10(16)11-5-7-15(8-6-11)12-3-4-13(17-2)14-9-12/h3-4,9,11H,5-8H2,1-2H3. The zero-order valence-corrected chi connectivity index (χ0v) is 10.3. The SMILES string of the molecule is COc1ccc(N2CCC(C(C)=O)CC2)cn1. The fourth-order valence-corrected chi connectivity index (χ4v) is 2.22. The van der Waals surface area contributed by atoms with E-state index in [1.54, 1.807) is 14.0 Å². The van der Waals surface area contributed by atoms with E-state index in [0.29, 0.717) is 11.7 Å². The zero-order chi connectivity index (χ0) is 12.3. The van der Waals surface area contributed by atoms with Gasteiger partial charge in [-0.2, -0.15) is 0 Å². The third kappa shape index (κ3) is 2.75. The first-order valence-corrected chi connectivity index (χ1v) is 5.96. The first kappa shape index (κ1) is 11.9. The number of nitrogens with zero attached hydrogens (tertiary/aromatic N) is 2. The minimum atomic E-state index is 0.248. The molecule has 0 amide bonds. The number of carbonyl (C=O) groups excluding carboxylic acids is 1. The Morgan fingerprint density at radius 3 is 2.59 bits per heavy atom. The van der Waals surface area contributed by atoms with Crippen LogP contribution in [-0.4, -0.2) is 31.0 Å². The molecule has 0 spiro atoms. The number of Topliss-reactive ketones (excluding diaryl/α,β-unsaturated/α-hetero) is 1. The van der Waals surface area contributed by atoms with Gasteiger partial charge < -0.3 is 9.64 Å². The molecule has 0 saturated carbocycles. The summed E-state index contributed by atoms with van der Waals surface area (Å²) in [5, 5.41) is 0. The van der Waals surface area contributed by atoms with Crippen LogP contribution in [0.5, 0.6) is 5.88 Å². The number of pyridine rings is 1. The van der Waals surface area contributed by atoms with Gasteiger partial charge in [0.15, 0.2) is 0 Å². The molecular formula is C13H18N2O2. The normalized spacial score (nSPS) is 16.9. The second-order valence-corrected chi connectivity index (χ2v) is 4.43. The van der Waals surface area contributed by atoms with Gasteiger partial charge in [0.2, 0.25) is 5.88 Å². The highest BCUT2D eigenvalue weighted by molar-refractivity contribution is 5.78. The highest BCUT2D eigenvalue weighted by Gasteiger charge is 2.22. The molecule has 0 bridgehead atoms. The maximum absolute atomic E-state index is 11.3. The Hall–Kier alpha value is -1.58. The Morgan fingerprint density at radius 2 is 2.12 bits per heavy atom. The smallest absolute Gasteiger partial charge is 0.213 e. The van der Waals surface area contributed by atoms with Gasteiger partial charge in [-0.3, -0.25) is 4.79 Å². The van der Waals surface area contributed by atoms with Crippen LogP contribution in [0.1, 0.15) is 19.8 Å². The number of anilines is 1. The second kappa shape index (κ2) is 5.17. The van der Waals surface area contributed by atoms with Crippen molar-refractivity contribution in [3.63, 3.8) is 0 Å². The fraction of sp³-hybridized carbons (Fsp3) is 0.538. The van der Waals surface area contributed by atoms with E-state index in [9.17, 15) is 4.79 Å². The molecule has 4 heteroatoms. The van der Waals surface area contributed by atoms with Crippen LogP contribution < -0.4 is 9.64 Å². The van der Waals surface area contributed by atoms with Gasteiger partial charge in [-0.05, 0) is 25.8 Å². The number of methoxy groups -OCH3 is 1. The molecule has 0 aromatic carbocycles. The van der Waals surface area contributed by atoms with Crippen LogP contribution in [-0.2, 0) is 4.79 Å². The number of piperidine rings is 1. The lowest BCUT2D eigenvalue weighted by molar-refractivity contribution is -0.121. The number of carbonyl (C=O) groups is 1. The molecular weight excluding hydrogens is 216 g/mol. The summed E-state index contributed by atoms with van der Waals surface area (Å²) in [6.45, 7) is 3.55. The molecule has 0 N–H and O–H groups in total. The van der Waals surface area contributed by atoms with Gasteiger partial charge in [-0.15, -0.1) is 0 Å². The molecule has 1 fully saturated rings. The maximum Gasteiger partial charge on any atom is 0.213 e. The molecule has 1 saturated heterocycles. The summed E-state index contributed by atoms with van der Waals surface area (Å²) >= 11 is 0. The molecule has 0 unspecified atom stereocenters. The Bertz CT molecular complexity index is 381. The summed E-state index contributed by atoms with van der Waals surface area (Å²) in [4.78, 5) is 17.7. The lowest BCUT2D eigenvalue weighted by Gasteiger charge is -2.32. The average molecular weight is 234 g/mol. The molecule has 0 radical (unpaired) electrons. The fourth-order valence-electron chi connectivity index (χ4n) is 2.22. The third-order valence-electron chi connectivity index (χ3n) is 3.36. The van der Waals surface area contributed by atoms with Gasteiger partial charge in [0.1, 0.15) is 5.78 Å². The van der Waals surface area contributed by atoms with E-state index in [0.717, 1.165) is 31.6 Å². The average Bonchev–Trinajstić information content (AvgIpc) is 2.39. The first-order valence-electron chi connectivity index (χ1n) is 5.96. The van der Waals surface area contributed by atoms with Gasteiger partial charge in [0.25, 0.3) is 0 Å². The summed E-state index contributed by atoms with van der Waals surface area (Å²) < 4.78 is 5.03. The number of hydrogen-bond donors (Lipinski definition) is 0. The highest BCUT2D eigenvalue weighted by Crippen LogP contribution is 2.24. The summed E-state index contributed by atoms with van der Waals surface area (Å²) in [6.07, 6.45) is 3.72. The molecule has 0 aliphatic carbocycles. The van der Waals surface area contributed by atoms with Crippen molar-refractivity contribution in [1.29, 1.82) is 0 Å². The molecule has 92 valence electrons. The first-order chi connectivity index (χ1) is 8.20. The van der Waals surface area contributed by atoms with Crippen LogP contribution in [0.3, 0.4) is 0 Å². The molecule has 2 rings (SSSR count). The summed E-state index contributed by atoms with van der Waals surface area (Å²) in [5.41, 5.74) is 1.10. The molecule has 1 aliphatic heterocycles. The molecule has 4 nitrogen and oxygen atoms in total. The van der Waals surface area contributed by atoms with Crippen molar-refractivity contribution in [2.45, 2.75) is 19.8 Å². The van der Waals surface area contributed by atoms with Crippen LogP contribution in [0.15, 0.2) is 18.3 Å². The van der Waals surface area contributed by atoms with Gasteiger partial charge in [-0.1, -0.05) is 0 Å². The highest BCUT2D eigenvalue weighted by atomic mass is 16.5. The molecule has 1 aromatic heterocycles. The largest absolute Gasteiger partial charge is 0.481 e. The Labute approximate surface area is 102 Å². The van der Waals surface area contributed by atoms with Crippen molar-refractivity contribution in [3.05, 3.63) is 18.3 Å². The molecule has 0 atom stereocenters. The monoisotopic (exact) mass is 234 g/mol. The van der Waals surface area contributed by atoms with Crippen LogP contribution in [0.4, 0.5) is 5.69 Å². The summed E-state index contributed by atoms with van der Waals surface area (Å²) in [5.74, 6) is 1.20.